The Morgan fingerprint density at radius 1 is 1.09 bits per heavy atom. The molecule has 0 unspecified atom stereocenters. The zero-order valence-corrected chi connectivity index (χ0v) is 14.0. The smallest absolute Gasteiger partial charge is 0.162 e. The number of hydrogen-bond donors (Lipinski definition) is 0. The fourth-order valence-electron chi connectivity index (χ4n) is 2.40. The number of aliphatic imine (C=N–C) groups is 1. The van der Waals surface area contributed by atoms with Gasteiger partial charge < -0.3 is 14.4 Å². The summed E-state index contributed by atoms with van der Waals surface area (Å²) in [4.78, 5) is 6.24. The first-order valence-electron chi connectivity index (χ1n) is 7.28. The average Bonchev–Trinajstić information content (AvgIpc) is 2.59. The Morgan fingerprint density at radius 2 is 1.78 bits per heavy atom. The summed E-state index contributed by atoms with van der Waals surface area (Å²) in [7, 11) is 7.01. The van der Waals surface area contributed by atoms with Gasteiger partial charge in [0.2, 0.25) is 0 Å². The summed E-state index contributed by atoms with van der Waals surface area (Å²) in [5, 5.41) is 1.99. The zero-order valence-electron chi connectivity index (χ0n) is 14.0. The number of ether oxygens (including phenoxy) is 2. The van der Waals surface area contributed by atoms with Crippen LogP contribution in [0.25, 0.3) is 12.3 Å². The highest BCUT2D eigenvalue weighted by atomic mass is 16.5. The van der Waals surface area contributed by atoms with Crippen molar-refractivity contribution in [3.05, 3.63) is 52.9 Å². The molecular formula is C19H22N2O2. The Balaban J connectivity index is 2.61. The summed E-state index contributed by atoms with van der Waals surface area (Å²) >= 11 is 0. The van der Waals surface area contributed by atoms with Crippen molar-refractivity contribution < 1.29 is 9.47 Å². The first-order valence-corrected chi connectivity index (χ1v) is 7.28. The van der Waals surface area contributed by atoms with Crippen LogP contribution in [0.3, 0.4) is 0 Å². The molecule has 0 saturated carbocycles. The highest BCUT2D eigenvalue weighted by Crippen LogP contribution is 2.31. The van der Waals surface area contributed by atoms with Crippen LogP contribution in [0.4, 0.5) is 5.69 Å². The van der Waals surface area contributed by atoms with Crippen molar-refractivity contribution in [2.75, 3.05) is 33.2 Å². The molecule has 0 aromatic heterocycles. The van der Waals surface area contributed by atoms with E-state index in [-0.39, 0.29) is 0 Å². The van der Waals surface area contributed by atoms with E-state index < -0.39 is 0 Å². The largest absolute Gasteiger partial charge is 0.493 e. The molecule has 120 valence electrons. The average molecular weight is 310 g/mol. The van der Waals surface area contributed by atoms with Crippen molar-refractivity contribution in [1.82, 2.24) is 0 Å². The molecule has 4 heteroatoms. The van der Waals surface area contributed by atoms with Crippen molar-refractivity contribution in [2.24, 2.45) is 4.99 Å². The van der Waals surface area contributed by atoms with Crippen molar-refractivity contribution in [1.29, 1.82) is 0 Å². The number of anilines is 1. The minimum atomic E-state index is 0.688. The molecule has 2 rings (SSSR count). The fourth-order valence-corrected chi connectivity index (χ4v) is 2.40. The first-order chi connectivity index (χ1) is 11.1. The molecule has 0 spiro atoms. The molecule has 2 aromatic rings. The second kappa shape index (κ2) is 7.49. The van der Waals surface area contributed by atoms with Gasteiger partial charge in [0.1, 0.15) is 0 Å². The van der Waals surface area contributed by atoms with Gasteiger partial charge in [-0.3, -0.25) is 4.99 Å². The van der Waals surface area contributed by atoms with E-state index in [1.54, 1.807) is 21.3 Å². The van der Waals surface area contributed by atoms with Crippen LogP contribution in [0.1, 0.15) is 0 Å². The summed E-state index contributed by atoms with van der Waals surface area (Å²) in [6.45, 7) is 4.11. The highest BCUT2D eigenvalue weighted by Gasteiger charge is 2.11. The van der Waals surface area contributed by atoms with E-state index in [2.05, 4.69) is 16.5 Å². The maximum Gasteiger partial charge on any atom is 0.162 e. The van der Waals surface area contributed by atoms with E-state index in [4.69, 9.17) is 9.47 Å². The van der Waals surface area contributed by atoms with E-state index in [1.807, 2.05) is 55.7 Å². The number of rotatable bonds is 5. The van der Waals surface area contributed by atoms with E-state index in [1.165, 1.54) is 0 Å². The van der Waals surface area contributed by atoms with Crippen LogP contribution in [0, 0.1) is 0 Å². The van der Waals surface area contributed by atoms with Gasteiger partial charge in [-0.2, -0.15) is 0 Å². The molecule has 0 atom stereocenters. The van der Waals surface area contributed by atoms with Gasteiger partial charge >= 0.3 is 0 Å². The standard InChI is InChI=1S/C19H22N2O2/c1-14-8-6-7-9-16(14)17(13-20-2)21(3)15-10-11-18(22-4)19(12-15)23-5/h6-13H,1H2,2-5H3/b17-16+,20-13?. The normalized spacial score (nSPS) is 12.2. The van der Waals surface area contributed by atoms with Crippen molar-refractivity contribution in [3.63, 3.8) is 0 Å². The predicted molar refractivity (Wildman–Crippen MR) is 97.0 cm³/mol. The van der Waals surface area contributed by atoms with Gasteiger partial charge in [-0.05, 0) is 17.4 Å². The molecule has 0 saturated heterocycles. The van der Waals surface area contributed by atoms with Crippen molar-refractivity contribution in [3.8, 4) is 11.5 Å². The molecule has 0 aliphatic carbocycles. The molecule has 0 amide bonds. The lowest BCUT2D eigenvalue weighted by Crippen LogP contribution is -2.32. The number of methoxy groups -OCH3 is 2. The summed E-state index contributed by atoms with van der Waals surface area (Å²) in [6, 6.07) is 13.8. The van der Waals surface area contributed by atoms with Crippen LogP contribution in [0.15, 0.2) is 47.5 Å². The first kappa shape index (κ1) is 16.6. The van der Waals surface area contributed by atoms with E-state index >= 15 is 0 Å². The Labute approximate surface area is 137 Å². The van der Waals surface area contributed by atoms with Gasteiger partial charge in [0.25, 0.3) is 0 Å². The third-order valence-electron chi connectivity index (χ3n) is 3.66. The highest BCUT2D eigenvalue weighted by molar-refractivity contribution is 6.07. The van der Waals surface area contributed by atoms with Crippen LogP contribution in [0.2, 0.25) is 0 Å². The molecule has 0 radical (unpaired) electrons. The van der Waals surface area contributed by atoms with Crippen LogP contribution in [-0.4, -0.2) is 34.5 Å². The quantitative estimate of drug-likeness (QED) is 0.793. The Kier molecular flexibility index (Phi) is 5.41. The molecule has 23 heavy (non-hydrogen) atoms. The molecule has 0 fully saturated rings. The van der Waals surface area contributed by atoms with Gasteiger partial charge in [-0.15, -0.1) is 0 Å². The fraction of sp³-hybridized carbons (Fsp3) is 0.211. The summed E-state index contributed by atoms with van der Waals surface area (Å²) in [5.74, 6) is 1.39. The maximum atomic E-state index is 5.39. The second-order valence-electron chi connectivity index (χ2n) is 5.03. The Morgan fingerprint density at radius 3 is 2.39 bits per heavy atom. The Hall–Kier alpha value is -2.75. The lowest BCUT2D eigenvalue weighted by Gasteiger charge is -2.22. The summed E-state index contributed by atoms with van der Waals surface area (Å²) in [6.07, 6.45) is 1.83. The lowest BCUT2D eigenvalue weighted by atomic mass is 10.2. The molecular weight excluding hydrogens is 288 g/mol. The van der Waals surface area contributed by atoms with Crippen LogP contribution in [0.5, 0.6) is 11.5 Å². The van der Waals surface area contributed by atoms with Gasteiger partial charge in [-0.25, -0.2) is 0 Å². The topological polar surface area (TPSA) is 34.1 Å². The van der Waals surface area contributed by atoms with Crippen LogP contribution in [-0.2, 0) is 0 Å². The minimum Gasteiger partial charge on any atom is -0.493 e. The molecule has 0 N–H and O–H groups in total. The van der Waals surface area contributed by atoms with Gasteiger partial charge in [0.05, 0.1) is 19.9 Å². The maximum absolute atomic E-state index is 5.39. The summed E-state index contributed by atoms with van der Waals surface area (Å²) < 4.78 is 10.7. The molecule has 0 aliphatic heterocycles. The molecule has 0 heterocycles. The van der Waals surface area contributed by atoms with E-state index in [9.17, 15) is 0 Å². The van der Waals surface area contributed by atoms with E-state index in [0.717, 1.165) is 21.8 Å². The van der Waals surface area contributed by atoms with Crippen LogP contribution < -0.4 is 24.8 Å². The lowest BCUT2D eigenvalue weighted by molar-refractivity contribution is 0.355. The van der Waals surface area contributed by atoms with Crippen molar-refractivity contribution >= 4 is 24.2 Å². The molecule has 2 aromatic carbocycles. The molecule has 0 aliphatic rings. The van der Waals surface area contributed by atoms with Gasteiger partial charge in [0.15, 0.2) is 11.5 Å². The zero-order chi connectivity index (χ0) is 16.8. The monoisotopic (exact) mass is 310 g/mol. The van der Waals surface area contributed by atoms with E-state index in [0.29, 0.717) is 11.5 Å². The Bertz CT molecular complexity index is 812. The third kappa shape index (κ3) is 3.54. The van der Waals surface area contributed by atoms with Gasteiger partial charge in [0, 0.05) is 37.3 Å². The molecule has 0 bridgehead atoms. The molecule has 4 nitrogen and oxygen atoms in total. The van der Waals surface area contributed by atoms with Crippen molar-refractivity contribution in [2.45, 2.75) is 0 Å². The third-order valence-corrected chi connectivity index (χ3v) is 3.66. The SMILES string of the molecule is C=c1cccc/c1=C(/C=NC)N(C)c1ccc(OC)c(OC)c1. The second-order valence-corrected chi connectivity index (χ2v) is 5.03. The number of benzene rings is 2. The summed E-state index contributed by atoms with van der Waals surface area (Å²) in [5.41, 5.74) is 1.94. The van der Waals surface area contributed by atoms with Gasteiger partial charge in [-0.1, -0.05) is 30.8 Å². The number of nitrogens with zero attached hydrogens (tertiary/aromatic N) is 2. The van der Waals surface area contributed by atoms with Crippen LogP contribution >= 0.6 is 0 Å². The predicted octanol–water partition coefficient (Wildman–Crippen LogP) is 2.06. The number of hydrogen-bond acceptors (Lipinski definition) is 4. The minimum absolute atomic E-state index is 0.688.